The van der Waals surface area contributed by atoms with Crippen LogP contribution in [0, 0.1) is 6.92 Å². The Hall–Kier alpha value is -3.86. The molecule has 0 saturated carbocycles. The van der Waals surface area contributed by atoms with Gasteiger partial charge in [-0.1, -0.05) is 47.1 Å². The van der Waals surface area contributed by atoms with Crippen LogP contribution in [0.3, 0.4) is 0 Å². The molecule has 0 atom stereocenters. The average Bonchev–Trinajstić information content (AvgIpc) is 3.33. The molecular formula is C34H41N3O2. The van der Waals surface area contributed by atoms with Crippen molar-refractivity contribution in [3.05, 3.63) is 94.5 Å². The van der Waals surface area contributed by atoms with E-state index in [0.29, 0.717) is 6.61 Å². The molecule has 0 unspecified atom stereocenters. The fraction of sp³-hybridized carbons (Fsp3) is 0.353. The first-order valence-electron chi connectivity index (χ1n) is 13.9. The van der Waals surface area contributed by atoms with E-state index in [4.69, 9.17) is 4.74 Å². The molecule has 0 bridgehead atoms. The Labute approximate surface area is 233 Å². The molecule has 0 fully saturated rings. The quantitative estimate of drug-likeness (QED) is 0.227. The number of aromatic nitrogens is 2. The van der Waals surface area contributed by atoms with E-state index in [0.717, 1.165) is 61.1 Å². The van der Waals surface area contributed by atoms with E-state index in [1.165, 1.54) is 33.5 Å². The minimum Gasteiger partial charge on any atom is -0.493 e. The van der Waals surface area contributed by atoms with E-state index in [1.54, 1.807) is 13.0 Å². The number of rotatable bonds is 9. The standard InChI is InChI=1S/C34H41N3O2/c1-24-10-13-28-14-12-26(3)34(15-11-25(2)18-29(28)17-24)36-32-19-30(31-22-35-37(5)23-31)20-33(21-32)39-16-8-6-7-9-27(4)38/h7,9-10,13,17-23,36H,6,8,11-12,14-16H2,1-5H3/b9-7+,25-18+,34-26+. The van der Waals surface area contributed by atoms with Crippen molar-refractivity contribution in [2.75, 3.05) is 11.9 Å². The summed E-state index contributed by atoms with van der Waals surface area (Å²) < 4.78 is 7.99. The molecule has 1 aromatic heterocycles. The normalized spacial score (nSPS) is 17.4. The van der Waals surface area contributed by atoms with Crippen LogP contribution in [0.5, 0.6) is 5.75 Å². The number of nitrogens with one attached hydrogen (secondary N) is 1. The van der Waals surface area contributed by atoms with Crippen LogP contribution in [-0.2, 0) is 18.3 Å². The maximum Gasteiger partial charge on any atom is 0.152 e. The molecule has 2 aromatic carbocycles. The van der Waals surface area contributed by atoms with Crippen LogP contribution in [0.4, 0.5) is 5.69 Å². The zero-order valence-corrected chi connectivity index (χ0v) is 24.0. The number of hydrogen-bond donors (Lipinski definition) is 1. The maximum atomic E-state index is 11.1. The third kappa shape index (κ3) is 8.31. The molecule has 5 heteroatoms. The molecule has 5 nitrogen and oxygen atoms in total. The van der Waals surface area contributed by atoms with Crippen LogP contribution in [0.1, 0.15) is 69.6 Å². The zero-order valence-electron chi connectivity index (χ0n) is 24.0. The van der Waals surface area contributed by atoms with Gasteiger partial charge >= 0.3 is 0 Å². The Morgan fingerprint density at radius 2 is 1.90 bits per heavy atom. The van der Waals surface area contributed by atoms with Gasteiger partial charge in [-0.25, -0.2) is 0 Å². The molecule has 3 aromatic rings. The molecule has 0 aliphatic heterocycles. The number of unbranched alkanes of at least 4 members (excludes halogenated alkanes) is 1. The van der Waals surface area contributed by atoms with Crippen LogP contribution in [0.25, 0.3) is 17.2 Å². The van der Waals surface area contributed by atoms with Crippen LogP contribution < -0.4 is 10.1 Å². The second-order valence-electron chi connectivity index (χ2n) is 10.7. The SMILES string of the molecule is CC(=O)/C=C/CCCOc1cc(N/C2=C(\C)CCc3ccc(C)cc3/C=C(\C)CC2)cc(-c2cnn(C)c2)c1. The molecule has 1 heterocycles. The van der Waals surface area contributed by atoms with Crippen molar-refractivity contribution in [3.63, 3.8) is 0 Å². The highest BCUT2D eigenvalue weighted by molar-refractivity contribution is 5.87. The molecule has 1 aliphatic carbocycles. The molecule has 0 saturated heterocycles. The predicted molar refractivity (Wildman–Crippen MR) is 162 cm³/mol. The number of aryl methyl sites for hydroxylation is 3. The molecule has 0 radical (unpaired) electrons. The predicted octanol–water partition coefficient (Wildman–Crippen LogP) is 8.22. The average molecular weight is 524 g/mol. The van der Waals surface area contributed by atoms with Crippen molar-refractivity contribution in [1.29, 1.82) is 0 Å². The van der Waals surface area contributed by atoms with Gasteiger partial charge in [0.25, 0.3) is 0 Å². The minimum atomic E-state index is 0.0749. The molecule has 0 spiro atoms. The van der Waals surface area contributed by atoms with Gasteiger partial charge in [-0.15, -0.1) is 0 Å². The molecular weight excluding hydrogens is 482 g/mol. The summed E-state index contributed by atoms with van der Waals surface area (Å²) >= 11 is 0. The van der Waals surface area contributed by atoms with E-state index in [-0.39, 0.29) is 5.78 Å². The van der Waals surface area contributed by atoms with Gasteiger partial charge in [0.15, 0.2) is 5.78 Å². The van der Waals surface area contributed by atoms with Gasteiger partial charge in [0.05, 0.1) is 12.8 Å². The number of carbonyl (C=O) groups is 1. The number of anilines is 1. The molecule has 39 heavy (non-hydrogen) atoms. The summed E-state index contributed by atoms with van der Waals surface area (Å²) in [6, 6.07) is 13.2. The number of ketones is 1. The topological polar surface area (TPSA) is 56.1 Å². The highest BCUT2D eigenvalue weighted by Gasteiger charge is 2.12. The van der Waals surface area contributed by atoms with E-state index in [9.17, 15) is 4.79 Å². The second-order valence-corrected chi connectivity index (χ2v) is 10.7. The summed E-state index contributed by atoms with van der Waals surface area (Å²) in [5, 5.41) is 8.15. The Balaban J connectivity index is 1.56. The van der Waals surface area contributed by atoms with Crippen LogP contribution in [-0.4, -0.2) is 22.2 Å². The summed E-state index contributed by atoms with van der Waals surface area (Å²) in [6.07, 6.45) is 15.5. The van der Waals surface area contributed by atoms with Gasteiger partial charge in [0.1, 0.15) is 5.75 Å². The number of hydrogen-bond acceptors (Lipinski definition) is 4. The molecule has 0 amide bonds. The largest absolute Gasteiger partial charge is 0.493 e. The number of fused-ring (bicyclic) bond motifs is 1. The van der Waals surface area contributed by atoms with Crippen LogP contribution >= 0.6 is 0 Å². The van der Waals surface area contributed by atoms with Crippen LogP contribution in [0.15, 0.2) is 77.8 Å². The van der Waals surface area contributed by atoms with Gasteiger partial charge in [-0.3, -0.25) is 9.48 Å². The Morgan fingerprint density at radius 1 is 1.05 bits per heavy atom. The van der Waals surface area contributed by atoms with E-state index in [1.807, 2.05) is 30.2 Å². The number of benzene rings is 2. The van der Waals surface area contributed by atoms with E-state index < -0.39 is 0 Å². The van der Waals surface area contributed by atoms with Crippen LogP contribution in [0.2, 0.25) is 0 Å². The van der Waals surface area contributed by atoms with Gasteiger partial charge < -0.3 is 10.1 Å². The van der Waals surface area contributed by atoms with E-state index >= 15 is 0 Å². The van der Waals surface area contributed by atoms with Crippen molar-refractivity contribution in [3.8, 4) is 16.9 Å². The Kier molecular flexibility index (Phi) is 9.59. The summed E-state index contributed by atoms with van der Waals surface area (Å²) in [7, 11) is 1.93. The van der Waals surface area contributed by atoms with Crippen molar-refractivity contribution in [2.24, 2.45) is 7.05 Å². The lowest BCUT2D eigenvalue weighted by atomic mass is 9.93. The summed E-state index contributed by atoms with van der Waals surface area (Å²) in [5.74, 6) is 0.902. The lowest BCUT2D eigenvalue weighted by Crippen LogP contribution is -2.06. The first kappa shape index (κ1) is 28.2. The summed E-state index contributed by atoms with van der Waals surface area (Å²) in [4.78, 5) is 11.1. The van der Waals surface area contributed by atoms with Crippen molar-refractivity contribution >= 4 is 17.5 Å². The van der Waals surface area contributed by atoms with Crippen molar-refractivity contribution in [2.45, 2.75) is 66.2 Å². The smallest absolute Gasteiger partial charge is 0.152 e. The van der Waals surface area contributed by atoms with Gasteiger partial charge in [-0.2, -0.15) is 5.10 Å². The number of nitrogens with zero attached hydrogens (tertiary/aromatic N) is 2. The summed E-state index contributed by atoms with van der Waals surface area (Å²) in [5.41, 5.74) is 11.3. The number of allylic oxidation sites excluding steroid dienone is 5. The minimum absolute atomic E-state index is 0.0749. The van der Waals surface area contributed by atoms with Gasteiger partial charge in [-0.05, 0) is 101 Å². The van der Waals surface area contributed by atoms with Gasteiger partial charge in [0.2, 0.25) is 0 Å². The van der Waals surface area contributed by atoms with Crippen molar-refractivity contribution in [1.82, 2.24) is 9.78 Å². The van der Waals surface area contributed by atoms with Crippen molar-refractivity contribution < 1.29 is 9.53 Å². The van der Waals surface area contributed by atoms with Gasteiger partial charge in [0, 0.05) is 36.3 Å². The fourth-order valence-electron chi connectivity index (χ4n) is 4.90. The highest BCUT2D eigenvalue weighted by Crippen LogP contribution is 2.32. The third-order valence-electron chi connectivity index (χ3n) is 7.13. The first-order valence-corrected chi connectivity index (χ1v) is 13.9. The summed E-state index contributed by atoms with van der Waals surface area (Å²) in [6.45, 7) is 8.82. The number of carbonyl (C=O) groups excluding carboxylic acids is 1. The molecule has 204 valence electrons. The fourth-order valence-corrected chi connectivity index (χ4v) is 4.90. The van der Waals surface area contributed by atoms with E-state index in [2.05, 4.69) is 73.7 Å². The Morgan fingerprint density at radius 3 is 2.67 bits per heavy atom. The lowest BCUT2D eigenvalue weighted by Gasteiger charge is -2.19. The lowest BCUT2D eigenvalue weighted by molar-refractivity contribution is -0.112. The Bertz CT molecular complexity index is 1410. The monoisotopic (exact) mass is 523 g/mol. The molecule has 1 aliphatic rings. The molecule has 4 rings (SSSR count). The first-order chi connectivity index (χ1) is 18.8. The molecule has 1 N–H and O–H groups in total. The zero-order chi connectivity index (χ0) is 27.8. The number of ether oxygens (including phenoxy) is 1. The maximum absolute atomic E-state index is 11.1. The highest BCUT2D eigenvalue weighted by atomic mass is 16.5. The second kappa shape index (κ2) is 13.3. The third-order valence-corrected chi connectivity index (χ3v) is 7.13.